The molecule has 0 radical (unpaired) electrons. The number of aryl methyl sites for hydroxylation is 1. The van der Waals surface area contributed by atoms with Crippen molar-refractivity contribution < 1.29 is 8.42 Å². The molecular weight excluding hydrogens is 400 g/mol. The zero-order valence-corrected chi connectivity index (χ0v) is 16.7. The SMILES string of the molecule is Cn1cc(N2CCC(NS(=O)(=O)c3ccc(Cl)s3)CC2)c(=O)n(C)c1=O. The van der Waals surface area contributed by atoms with Crippen molar-refractivity contribution in [2.75, 3.05) is 18.0 Å². The average Bonchev–Trinajstić information content (AvgIpc) is 3.04. The first-order chi connectivity index (χ1) is 12.2. The van der Waals surface area contributed by atoms with E-state index in [0.29, 0.717) is 36.0 Å². The van der Waals surface area contributed by atoms with E-state index < -0.39 is 10.0 Å². The van der Waals surface area contributed by atoms with Crippen LogP contribution in [0.25, 0.3) is 0 Å². The molecule has 1 fully saturated rings. The lowest BCUT2D eigenvalue weighted by Gasteiger charge is -2.33. The van der Waals surface area contributed by atoms with Crippen molar-refractivity contribution in [2.24, 2.45) is 14.1 Å². The zero-order valence-electron chi connectivity index (χ0n) is 14.3. The summed E-state index contributed by atoms with van der Waals surface area (Å²) in [5.41, 5.74) is -0.280. The van der Waals surface area contributed by atoms with Crippen LogP contribution in [0.4, 0.5) is 5.69 Å². The molecule has 0 atom stereocenters. The molecule has 3 heterocycles. The van der Waals surface area contributed by atoms with Crippen LogP contribution in [0, 0.1) is 0 Å². The number of hydrogen-bond acceptors (Lipinski definition) is 6. The number of aromatic nitrogens is 2. The second kappa shape index (κ2) is 7.18. The van der Waals surface area contributed by atoms with Crippen LogP contribution in [-0.2, 0) is 24.1 Å². The molecule has 0 unspecified atom stereocenters. The first-order valence-electron chi connectivity index (χ1n) is 7.98. The smallest absolute Gasteiger partial charge is 0.330 e. The van der Waals surface area contributed by atoms with Gasteiger partial charge in [-0.2, -0.15) is 0 Å². The minimum atomic E-state index is -3.59. The van der Waals surface area contributed by atoms with E-state index in [2.05, 4.69) is 4.72 Å². The summed E-state index contributed by atoms with van der Waals surface area (Å²) in [6.07, 6.45) is 2.65. The molecule has 2 aromatic rings. The maximum atomic E-state index is 12.4. The van der Waals surface area contributed by atoms with Crippen LogP contribution >= 0.6 is 22.9 Å². The first-order valence-corrected chi connectivity index (χ1v) is 10.7. The summed E-state index contributed by atoms with van der Waals surface area (Å²) < 4.78 is 30.5. The molecule has 26 heavy (non-hydrogen) atoms. The van der Waals surface area contributed by atoms with Crippen LogP contribution in [0.2, 0.25) is 4.34 Å². The lowest BCUT2D eigenvalue weighted by atomic mass is 10.1. The van der Waals surface area contributed by atoms with E-state index >= 15 is 0 Å². The van der Waals surface area contributed by atoms with Crippen molar-refractivity contribution >= 4 is 38.6 Å². The van der Waals surface area contributed by atoms with Gasteiger partial charge < -0.3 is 9.47 Å². The highest BCUT2D eigenvalue weighted by Gasteiger charge is 2.27. The summed E-state index contributed by atoms with van der Waals surface area (Å²) >= 11 is 6.83. The highest BCUT2D eigenvalue weighted by molar-refractivity contribution is 7.91. The van der Waals surface area contributed by atoms with Gasteiger partial charge in [-0.25, -0.2) is 17.9 Å². The molecule has 0 amide bonds. The number of thiophene rings is 1. The third-order valence-corrected chi connectivity index (χ3v) is 7.64. The molecule has 1 N–H and O–H groups in total. The van der Waals surface area contributed by atoms with Gasteiger partial charge in [0.1, 0.15) is 9.90 Å². The Morgan fingerprint density at radius 1 is 1.19 bits per heavy atom. The highest BCUT2D eigenvalue weighted by atomic mass is 35.5. The van der Waals surface area contributed by atoms with Crippen molar-refractivity contribution in [1.82, 2.24) is 13.9 Å². The summed E-state index contributed by atoms with van der Waals surface area (Å²) in [7, 11) is -0.553. The number of sulfonamides is 1. The predicted molar refractivity (Wildman–Crippen MR) is 102 cm³/mol. The minimum absolute atomic E-state index is 0.192. The zero-order chi connectivity index (χ0) is 19.1. The fourth-order valence-corrected chi connectivity index (χ4v) is 5.77. The average molecular weight is 419 g/mol. The number of rotatable bonds is 4. The summed E-state index contributed by atoms with van der Waals surface area (Å²) in [6, 6.07) is 2.82. The second-order valence-electron chi connectivity index (χ2n) is 6.21. The number of piperidine rings is 1. The Hall–Kier alpha value is -1.62. The standard InChI is InChI=1S/C15H19ClN4O4S2/c1-18-9-11(14(21)19(2)15(18)22)20-7-5-10(6-8-20)17-26(23,24)13-4-3-12(16)25-13/h3-4,9-10,17H,5-8H2,1-2H3. The molecule has 3 rings (SSSR count). The van der Waals surface area contributed by atoms with E-state index in [4.69, 9.17) is 11.6 Å². The molecule has 1 aliphatic rings. The van der Waals surface area contributed by atoms with Gasteiger partial charge >= 0.3 is 5.69 Å². The summed E-state index contributed by atoms with van der Waals surface area (Å²) in [5, 5.41) is 0. The first kappa shape index (κ1) is 19.2. The number of halogens is 1. The van der Waals surface area contributed by atoms with Gasteiger partial charge in [-0.3, -0.25) is 9.36 Å². The van der Waals surface area contributed by atoms with Crippen LogP contribution in [0.1, 0.15) is 12.8 Å². The molecule has 0 saturated carbocycles. The monoisotopic (exact) mass is 418 g/mol. The molecule has 0 aromatic carbocycles. The van der Waals surface area contributed by atoms with Crippen molar-refractivity contribution in [3.05, 3.63) is 43.5 Å². The predicted octanol–water partition coefficient (Wildman–Crippen LogP) is 0.746. The normalized spacial score (nSPS) is 16.2. The number of hydrogen-bond donors (Lipinski definition) is 1. The molecule has 0 aliphatic carbocycles. The highest BCUT2D eigenvalue weighted by Crippen LogP contribution is 2.26. The van der Waals surface area contributed by atoms with Crippen molar-refractivity contribution in [3.63, 3.8) is 0 Å². The van der Waals surface area contributed by atoms with Crippen molar-refractivity contribution in [3.8, 4) is 0 Å². The topological polar surface area (TPSA) is 93.4 Å². The molecule has 8 nitrogen and oxygen atoms in total. The molecule has 11 heteroatoms. The van der Waals surface area contributed by atoms with E-state index in [1.54, 1.807) is 13.1 Å². The van der Waals surface area contributed by atoms with Crippen molar-refractivity contribution in [2.45, 2.75) is 23.1 Å². The van der Waals surface area contributed by atoms with E-state index in [0.717, 1.165) is 15.9 Å². The fraction of sp³-hybridized carbons (Fsp3) is 0.467. The summed E-state index contributed by atoms with van der Waals surface area (Å²) in [4.78, 5) is 26.0. The Labute approximate surface area is 159 Å². The quantitative estimate of drug-likeness (QED) is 0.790. The van der Waals surface area contributed by atoms with Gasteiger partial charge in [0.15, 0.2) is 0 Å². The number of anilines is 1. The third kappa shape index (κ3) is 3.73. The van der Waals surface area contributed by atoms with Gasteiger partial charge in [0.05, 0.1) is 4.34 Å². The number of nitrogens with one attached hydrogen (secondary N) is 1. The van der Waals surface area contributed by atoms with Gasteiger partial charge in [-0.05, 0) is 25.0 Å². The van der Waals surface area contributed by atoms with E-state index in [9.17, 15) is 18.0 Å². The molecule has 2 aromatic heterocycles. The second-order valence-corrected chi connectivity index (χ2v) is 9.87. The maximum Gasteiger partial charge on any atom is 0.330 e. The summed E-state index contributed by atoms with van der Waals surface area (Å²) in [5.74, 6) is 0. The van der Waals surface area contributed by atoms with Gasteiger partial charge in [0.25, 0.3) is 5.56 Å². The van der Waals surface area contributed by atoms with E-state index in [1.807, 2.05) is 4.90 Å². The fourth-order valence-electron chi connectivity index (χ4n) is 2.96. The van der Waals surface area contributed by atoms with E-state index in [-0.39, 0.29) is 21.5 Å². The van der Waals surface area contributed by atoms with E-state index in [1.165, 1.54) is 23.9 Å². The molecule has 0 spiro atoms. The van der Waals surface area contributed by atoms with Crippen LogP contribution in [-0.4, -0.2) is 36.7 Å². The van der Waals surface area contributed by atoms with Gasteiger partial charge in [0, 0.05) is 39.4 Å². The molecule has 142 valence electrons. The van der Waals surface area contributed by atoms with Crippen molar-refractivity contribution in [1.29, 1.82) is 0 Å². The van der Waals surface area contributed by atoms with Gasteiger partial charge in [0.2, 0.25) is 10.0 Å². The van der Waals surface area contributed by atoms with Crippen LogP contribution in [0.15, 0.2) is 32.1 Å². The lowest BCUT2D eigenvalue weighted by Crippen LogP contribution is -2.47. The van der Waals surface area contributed by atoms with Crippen LogP contribution in [0.5, 0.6) is 0 Å². The maximum absolute atomic E-state index is 12.4. The van der Waals surface area contributed by atoms with Gasteiger partial charge in [-0.1, -0.05) is 11.6 Å². The third-order valence-electron chi connectivity index (χ3n) is 4.40. The Morgan fingerprint density at radius 2 is 1.85 bits per heavy atom. The molecule has 0 bridgehead atoms. The Kier molecular flexibility index (Phi) is 5.29. The van der Waals surface area contributed by atoms with Crippen LogP contribution < -0.4 is 20.9 Å². The Balaban J connectivity index is 1.70. The molecular formula is C15H19ClN4O4S2. The van der Waals surface area contributed by atoms with Gasteiger partial charge in [-0.15, -0.1) is 11.3 Å². The largest absolute Gasteiger partial charge is 0.366 e. The van der Waals surface area contributed by atoms with Crippen LogP contribution in [0.3, 0.4) is 0 Å². The summed E-state index contributed by atoms with van der Waals surface area (Å²) in [6.45, 7) is 1.04. The molecule has 1 aliphatic heterocycles. The minimum Gasteiger partial charge on any atom is -0.366 e. The molecule has 1 saturated heterocycles. The lowest BCUT2D eigenvalue weighted by molar-refractivity contribution is 0.458. The Bertz CT molecular complexity index is 1030. The number of nitrogens with zero attached hydrogens (tertiary/aromatic N) is 3. The Morgan fingerprint density at radius 3 is 2.42 bits per heavy atom.